The van der Waals surface area contributed by atoms with Gasteiger partial charge in [0.15, 0.2) is 11.5 Å². The molecule has 1 rings (SSSR count). The van der Waals surface area contributed by atoms with E-state index in [0.717, 1.165) is 5.56 Å². The molecule has 0 fully saturated rings. The number of aliphatic hydroxyl groups excluding tert-OH is 2. The monoisotopic (exact) mass is 396 g/mol. The fourth-order valence-electron chi connectivity index (χ4n) is 2.44. The van der Waals surface area contributed by atoms with E-state index in [1.54, 1.807) is 0 Å². The van der Waals surface area contributed by atoms with Gasteiger partial charge in [0.05, 0.1) is 0 Å². The molecule has 0 heterocycles. The van der Waals surface area contributed by atoms with Crippen LogP contribution in [0.5, 0.6) is 11.5 Å². The van der Waals surface area contributed by atoms with Crippen molar-refractivity contribution < 1.29 is 19.7 Å². The molecular formula is C22H40N2O4. The maximum atomic E-state index is 10.1. The molecule has 4 N–H and O–H groups in total. The lowest BCUT2D eigenvalue weighted by Crippen LogP contribution is -2.35. The minimum absolute atomic E-state index is 0.0326. The summed E-state index contributed by atoms with van der Waals surface area (Å²) in [6.45, 7) is 15.8. The minimum atomic E-state index is -0.616. The number of nitrogens with one attached hydrogen (secondary N) is 2. The van der Waals surface area contributed by atoms with Crippen molar-refractivity contribution in [2.75, 3.05) is 26.3 Å². The van der Waals surface area contributed by atoms with Crippen molar-refractivity contribution >= 4 is 0 Å². The normalized spacial score (nSPS) is 14.4. The first kappa shape index (κ1) is 24.7. The lowest BCUT2D eigenvalue weighted by atomic mass is 9.87. The largest absolute Gasteiger partial charge is 0.487 e. The average molecular weight is 397 g/mol. The van der Waals surface area contributed by atoms with E-state index in [2.05, 4.69) is 31.4 Å². The summed E-state index contributed by atoms with van der Waals surface area (Å²) in [6.07, 6.45) is -1.23. The molecule has 0 saturated carbocycles. The fourth-order valence-corrected chi connectivity index (χ4v) is 2.44. The Balaban J connectivity index is 2.78. The Morgan fingerprint density at radius 3 is 1.71 bits per heavy atom. The molecule has 0 saturated heterocycles. The highest BCUT2D eigenvalue weighted by atomic mass is 16.5. The van der Waals surface area contributed by atoms with E-state index >= 15 is 0 Å². The SMILES string of the molecule is CC(C)NCC(O)COc1ccc(C(C)(C)C)cc1OCC(O)CNC(C)C. The van der Waals surface area contributed by atoms with Crippen molar-refractivity contribution in [2.24, 2.45) is 0 Å². The van der Waals surface area contributed by atoms with E-state index in [9.17, 15) is 10.2 Å². The maximum Gasteiger partial charge on any atom is 0.161 e. The molecule has 162 valence electrons. The Bertz CT molecular complexity index is 570. The second kappa shape index (κ2) is 11.6. The maximum absolute atomic E-state index is 10.1. The highest BCUT2D eigenvalue weighted by Gasteiger charge is 2.18. The predicted molar refractivity (Wildman–Crippen MR) is 114 cm³/mol. The van der Waals surface area contributed by atoms with E-state index < -0.39 is 12.2 Å². The third-order valence-electron chi connectivity index (χ3n) is 4.20. The van der Waals surface area contributed by atoms with Gasteiger partial charge in [-0.2, -0.15) is 0 Å². The molecule has 0 bridgehead atoms. The molecule has 0 aliphatic carbocycles. The summed E-state index contributed by atoms with van der Waals surface area (Å²) in [4.78, 5) is 0. The van der Waals surface area contributed by atoms with E-state index in [-0.39, 0.29) is 18.6 Å². The summed E-state index contributed by atoms with van der Waals surface area (Å²) in [7, 11) is 0. The fraction of sp³-hybridized carbons (Fsp3) is 0.727. The Kier molecular flexibility index (Phi) is 10.2. The number of hydrogen-bond donors (Lipinski definition) is 4. The summed E-state index contributed by atoms with van der Waals surface area (Å²) < 4.78 is 11.7. The van der Waals surface area contributed by atoms with Crippen LogP contribution < -0.4 is 20.1 Å². The lowest BCUT2D eigenvalue weighted by Gasteiger charge is -2.23. The summed E-state index contributed by atoms with van der Waals surface area (Å²) in [6, 6.07) is 6.45. The zero-order valence-electron chi connectivity index (χ0n) is 18.6. The molecule has 1 aromatic rings. The van der Waals surface area contributed by atoms with Crippen molar-refractivity contribution in [2.45, 2.75) is 78.2 Å². The van der Waals surface area contributed by atoms with Gasteiger partial charge >= 0.3 is 0 Å². The van der Waals surface area contributed by atoms with Gasteiger partial charge in [-0.1, -0.05) is 54.5 Å². The van der Waals surface area contributed by atoms with E-state index in [1.807, 2.05) is 45.9 Å². The molecule has 0 aliphatic heterocycles. The van der Waals surface area contributed by atoms with Gasteiger partial charge in [-0.3, -0.25) is 0 Å². The molecule has 0 aliphatic rings. The highest BCUT2D eigenvalue weighted by Crippen LogP contribution is 2.33. The van der Waals surface area contributed by atoms with Crippen LogP contribution >= 0.6 is 0 Å². The molecule has 6 nitrogen and oxygen atoms in total. The molecule has 28 heavy (non-hydrogen) atoms. The topological polar surface area (TPSA) is 83.0 Å². The van der Waals surface area contributed by atoms with Crippen LogP contribution in [0, 0.1) is 0 Å². The van der Waals surface area contributed by atoms with E-state index in [0.29, 0.717) is 36.7 Å². The van der Waals surface area contributed by atoms with Gasteiger partial charge in [-0.15, -0.1) is 0 Å². The molecule has 0 spiro atoms. The quantitative estimate of drug-likeness (QED) is 0.434. The second-order valence-electron chi connectivity index (χ2n) is 8.97. The van der Waals surface area contributed by atoms with Gasteiger partial charge in [0.2, 0.25) is 0 Å². The number of hydrogen-bond acceptors (Lipinski definition) is 6. The molecule has 0 radical (unpaired) electrons. The van der Waals surface area contributed by atoms with Gasteiger partial charge in [0.25, 0.3) is 0 Å². The van der Waals surface area contributed by atoms with Crippen LogP contribution in [0.15, 0.2) is 18.2 Å². The summed E-state index contributed by atoms with van der Waals surface area (Å²) in [5.74, 6) is 1.15. The van der Waals surface area contributed by atoms with Crippen LogP contribution in [0.1, 0.15) is 54.0 Å². The smallest absolute Gasteiger partial charge is 0.161 e. The number of aliphatic hydroxyl groups is 2. The van der Waals surface area contributed by atoms with Gasteiger partial charge in [-0.25, -0.2) is 0 Å². The van der Waals surface area contributed by atoms with Crippen LogP contribution in [0.4, 0.5) is 0 Å². The zero-order chi connectivity index (χ0) is 21.3. The Labute approximate surface area is 170 Å². The molecule has 2 unspecified atom stereocenters. The first-order chi connectivity index (χ1) is 13.0. The summed E-state index contributed by atoms with van der Waals surface area (Å²) in [5, 5.41) is 26.6. The van der Waals surface area contributed by atoms with E-state index in [1.165, 1.54) is 0 Å². The van der Waals surface area contributed by atoms with Crippen LogP contribution in [0.25, 0.3) is 0 Å². The first-order valence-electron chi connectivity index (χ1n) is 10.2. The third kappa shape index (κ3) is 9.73. The van der Waals surface area contributed by atoms with Gasteiger partial charge < -0.3 is 30.3 Å². The molecule has 2 atom stereocenters. The van der Waals surface area contributed by atoms with Crippen molar-refractivity contribution in [1.29, 1.82) is 0 Å². The van der Waals surface area contributed by atoms with Crippen molar-refractivity contribution in [1.82, 2.24) is 10.6 Å². The van der Waals surface area contributed by atoms with Gasteiger partial charge in [0, 0.05) is 25.2 Å². The summed E-state index contributed by atoms with van der Waals surface area (Å²) in [5.41, 5.74) is 1.08. The molecular weight excluding hydrogens is 356 g/mol. The predicted octanol–water partition coefficient (Wildman–Crippen LogP) is 2.46. The lowest BCUT2D eigenvalue weighted by molar-refractivity contribution is 0.0908. The van der Waals surface area contributed by atoms with Crippen molar-refractivity contribution in [3.05, 3.63) is 23.8 Å². The average Bonchev–Trinajstić information content (AvgIpc) is 2.60. The second-order valence-corrected chi connectivity index (χ2v) is 8.97. The molecule has 1 aromatic carbocycles. The number of ether oxygens (including phenoxy) is 2. The third-order valence-corrected chi connectivity index (χ3v) is 4.20. The Morgan fingerprint density at radius 2 is 1.29 bits per heavy atom. The van der Waals surface area contributed by atoms with E-state index in [4.69, 9.17) is 9.47 Å². The number of rotatable bonds is 12. The molecule has 6 heteroatoms. The number of benzene rings is 1. The zero-order valence-corrected chi connectivity index (χ0v) is 18.6. The minimum Gasteiger partial charge on any atom is -0.487 e. The van der Waals surface area contributed by atoms with Crippen molar-refractivity contribution in [3.8, 4) is 11.5 Å². The van der Waals surface area contributed by atoms with Crippen LogP contribution in [-0.4, -0.2) is 60.8 Å². The van der Waals surface area contributed by atoms with Gasteiger partial charge in [-0.05, 0) is 23.1 Å². The van der Waals surface area contributed by atoms with Crippen molar-refractivity contribution in [3.63, 3.8) is 0 Å². The Hall–Kier alpha value is -1.34. The van der Waals surface area contributed by atoms with Crippen LogP contribution in [0.2, 0.25) is 0 Å². The molecule has 0 aromatic heterocycles. The summed E-state index contributed by atoms with van der Waals surface area (Å²) >= 11 is 0. The van der Waals surface area contributed by atoms with Crippen LogP contribution in [-0.2, 0) is 5.41 Å². The van der Waals surface area contributed by atoms with Crippen LogP contribution in [0.3, 0.4) is 0 Å². The highest BCUT2D eigenvalue weighted by molar-refractivity contribution is 5.45. The Morgan fingerprint density at radius 1 is 0.821 bits per heavy atom. The first-order valence-corrected chi connectivity index (χ1v) is 10.2. The van der Waals surface area contributed by atoms with Gasteiger partial charge in [0.1, 0.15) is 25.4 Å². The standard InChI is InChI=1S/C22H40N2O4/c1-15(2)23-11-18(25)13-27-20-9-8-17(22(5,6)7)10-21(20)28-14-19(26)12-24-16(3)4/h8-10,15-16,18-19,23-26H,11-14H2,1-7H3. The molecule has 0 amide bonds.